The average molecular weight is 143 g/mol. The molecule has 0 amide bonds. The first-order valence-electron chi connectivity index (χ1n) is 3.78. The van der Waals surface area contributed by atoms with Gasteiger partial charge in [-0.1, -0.05) is 0 Å². The summed E-state index contributed by atoms with van der Waals surface area (Å²) >= 11 is 0. The minimum Gasteiger partial charge on any atom is -0.376 e. The summed E-state index contributed by atoms with van der Waals surface area (Å²) in [7, 11) is 0. The monoisotopic (exact) mass is 143 g/mol. The highest BCUT2D eigenvalue weighted by atomic mass is 16.6. The molecule has 2 fully saturated rings. The molecule has 0 aromatic heterocycles. The first-order valence-corrected chi connectivity index (χ1v) is 3.78. The molecule has 0 aromatic rings. The number of nitrogens with zero attached hydrogens (tertiary/aromatic N) is 1. The van der Waals surface area contributed by atoms with Gasteiger partial charge >= 0.3 is 0 Å². The molecule has 0 bridgehead atoms. The molecule has 0 radical (unpaired) electrons. The third-order valence-corrected chi connectivity index (χ3v) is 2.32. The quantitative estimate of drug-likeness (QED) is 0.479. The topological polar surface area (TPSA) is 21.7 Å². The van der Waals surface area contributed by atoms with Crippen LogP contribution in [0.15, 0.2) is 0 Å². The maximum Gasteiger partial charge on any atom is 0.142 e. The van der Waals surface area contributed by atoms with Crippen molar-refractivity contribution in [3.63, 3.8) is 0 Å². The molecule has 1 atom stereocenters. The Morgan fingerprint density at radius 3 is 2.90 bits per heavy atom. The number of fused-ring (bicyclic) bond motifs is 1. The molecule has 0 N–H and O–H groups in total. The molecular weight excluding hydrogens is 130 g/mol. The van der Waals surface area contributed by atoms with Gasteiger partial charge in [0.05, 0.1) is 19.8 Å². The van der Waals surface area contributed by atoms with Crippen molar-refractivity contribution in [2.45, 2.75) is 12.6 Å². The van der Waals surface area contributed by atoms with Gasteiger partial charge in [0.2, 0.25) is 0 Å². The molecule has 2 heterocycles. The third-order valence-electron chi connectivity index (χ3n) is 2.32. The molecule has 2 aliphatic heterocycles. The Morgan fingerprint density at radius 2 is 2.10 bits per heavy atom. The van der Waals surface area contributed by atoms with E-state index in [4.69, 9.17) is 9.47 Å². The second kappa shape index (κ2) is 2.19. The van der Waals surface area contributed by atoms with Crippen molar-refractivity contribution in [1.82, 2.24) is 4.90 Å². The number of morpholine rings is 1. The van der Waals surface area contributed by atoms with E-state index in [-0.39, 0.29) is 5.72 Å². The van der Waals surface area contributed by atoms with E-state index in [1.807, 2.05) is 0 Å². The number of hydrogen-bond donors (Lipinski definition) is 0. The SMILES string of the molecule is CC12COCCN1CCO2. The van der Waals surface area contributed by atoms with Gasteiger partial charge in [-0.25, -0.2) is 0 Å². The average Bonchev–Trinajstić information content (AvgIpc) is 2.29. The fourth-order valence-corrected chi connectivity index (χ4v) is 1.62. The number of ether oxygens (including phenoxy) is 2. The van der Waals surface area contributed by atoms with Gasteiger partial charge in [0.25, 0.3) is 0 Å². The van der Waals surface area contributed by atoms with Crippen LogP contribution < -0.4 is 0 Å². The summed E-state index contributed by atoms with van der Waals surface area (Å²) in [6, 6.07) is 0. The van der Waals surface area contributed by atoms with Crippen LogP contribution >= 0.6 is 0 Å². The lowest BCUT2D eigenvalue weighted by Gasteiger charge is -2.37. The van der Waals surface area contributed by atoms with E-state index >= 15 is 0 Å². The molecule has 58 valence electrons. The standard InChI is InChI=1S/C7H13NO2/c1-7-6-9-4-2-8(7)3-5-10-7/h2-6H2,1H3. The van der Waals surface area contributed by atoms with Crippen molar-refractivity contribution >= 4 is 0 Å². The van der Waals surface area contributed by atoms with E-state index < -0.39 is 0 Å². The Kier molecular flexibility index (Phi) is 1.44. The molecular formula is C7H13NO2. The summed E-state index contributed by atoms with van der Waals surface area (Å²) in [6.07, 6.45) is 0. The van der Waals surface area contributed by atoms with Gasteiger partial charge in [0, 0.05) is 13.1 Å². The summed E-state index contributed by atoms with van der Waals surface area (Å²) in [6.45, 7) is 6.64. The van der Waals surface area contributed by atoms with Gasteiger partial charge in [-0.3, -0.25) is 4.90 Å². The number of rotatable bonds is 0. The van der Waals surface area contributed by atoms with Crippen molar-refractivity contribution in [3.8, 4) is 0 Å². The summed E-state index contributed by atoms with van der Waals surface area (Å²) in [4.78, 5) is 2.34. The summed E-state index contributed by atoms with van der Waals surface area (Å²) in [5, 5.41) is 0. The maximum atomic E-state index is 5.55. The van der Waals surface area contributed by atoms with E-state index in [9.17, 15) is 0 Å². The highest BCUT2D eigenvalue weighted by molar-refractivity contribution is 4.84. The molecule has 2 saturated heterocycles. The fourth-order valence-electron chi connectivity index (χ4n) is 1.62. The maximum absolute atomic E-state index is 5.55. The van der Waals surface area contributed by atoms with Gasteiger partial charge < -0.3 is 9.47 Å². The predicted octanol–water partition coefficient (Wildman–Crippen LogP) is 0.0650. The highest BCUT2D eigenvalue weighted by Gasteiger charge is 2.40. The van der Waals surface area contributed by atoms with E-state index in [1.54, 1.807) is 0 Å². The zero-order chi connectivity index (χ0) is 7.03. The first kappa shape index (κ1) is 6.58. The second-order valence-electron chi connectivity index (χ2n) is 3.06. The Morgan fingerprint density at radius 1 is 1.30 bits per heavy atom. The summed E-state index contributed by atoms with van der Waals surface area (Å²) in [5.41, 5.74) is -0.0990. The molecule has 2 rings (SSSR count). The second-order valence-corrected chi connectivity index (χ2v) is 3.06. The predicted molar refractivity (Wildman–Crippen MR) is 36.7 cm³/mol. The van der Waals surface area contributed by atoms with Crippen LogP contribution in [0.3, 0.4) is 0 Å². The molecule has 10 heavy (non-hydrogen) atoms. The highest BCUT2D eigenvalue weighted by Crippen LogP contribution is 2.25. The van der Waals surface area contributed by atoms with Crippen LogP contribution in [-0.2, 0) is 9.47 Å². The van der Waals surface area contributed by atoms with E-state index in [2.05, 4.69) is 11.8 Å². The molecule has 3 nitrogen and oxygen atoms in total. The van der Waals surface area contributed by atoms with Gasteiger partial charge in [-0.2, -0.15) is 0 Å². The summed E-state index contributed by atoms with van der Waals surface area (Å²) in [5.74, 6) is 0. The molecule has 0 saturated carbocycles. The van der Waals surface area contributed by atoms with Crippen LogP contribution in [0.2, 0.25) is 0 Å². The van der Waals surface area contributed by atoms with Crippen LogP contribution in [0.5, 0.6) is 0 Å². The van der Waals surface area contributed by atoms with Gasteiger partial charge in [-0.05, 0) is 6.92 Å². The van der Waals surface area contributed by atoms with Crippen molar-refractivity contribution < 1.29 is 9.47 Å². The molecule has 2 aliphatic rings. The normalized spacial score (nSPS) is 41.7. The summed E-state index contributed by atoms with van der Waals surface area (Å²) < 4.78 is 10.9. The molecule has 0 aliphatic carbocycles. The largest absolute Gasteiger partial charge is 0.376 e. The molecule has 1 unspecified atom stereocenters. The van der Waals surface area contributed by atoms with Crippen LogP contribution in [0.1, 0.15) is 6.92 Å². The lowest BCUT2D eigenvalue weighted by Crippen LogP contribution is -2.51. The van der Waals surface area contributed by atoms with E-state index in [0.717, 1.165) is 32.9 Å². The minimum absolute atomic E-state index is 0.0990. The Hall–Kier alpha value is -0.120. The molecule has 0 aromatic carbocycles. The van der Waals surface area contributed by atoms with Crippen molar-refractivity contribution in [1.29, 1.82) is 0 Å². The van der Waals surface area contributed by atoms with E-state index in [0.29, 0.717) is 0 Å². The molecule has 0 spiro atoms. The third kappa shape index (κ3) is 0.856. The van der Waals surface area contributed by atoms with Crippen LogP contribution in [-0.4, -0.2) is 43.5 Å². The lowest BCUT2D eigenvalue weighted by atomic mass is 10.2. The minimum atomic E-state index is -0.0990. The Balaban J connectivity index is 2.10. The van der Waals surface area contributed by atoms with Gasteiger partial charge in [0.1, 0.15) is 5.72 Å². The zero-order valence-electron chi connectivity index (χ0n) is 6.30. The zero-order valence-corrected chi connectivity index (χ0v) is 6.30. The smallest absolute Gasteiger partial charge is 0.142 e. The Labute approximate surface area is 60.9 Å². The van der Waals surface area contributed by atoms with Crippen LogP contribution in [0.4, 0.5) is 0 Å². The van der Waals surface area contributed by atoms with Crippen molar-refractivity contribution in [2.75, 3.05) is 32.9 Å². The van der Waals surface area contributed by atoms with Crippen LogP contribution in [0, 0.1) is 0 Å². The van der Waals surface area contributed by atoms with Crippen molar-refractivity contribution in [2.24, 2.45) is 0 Å². The fraction of sp³-hybridized carbons (Fsp3) is 1.00. The van der Waals surface area contributed by atoms with Gasteiger partial charge in [-0.15, -0.1) is 0 Å². The Bertz CT molecular complexity index is 140. The van der Waals surface area contributed by atoms with Crippen molar-refractivity contribution in [3.05, 3.63) is 0 Å². The first-order chi connectivity index (χ1) is 4.81. The number of hydrogen-bond acceptors (Lipinski definition) is 3. The molecule has 3 heteroatoms. The van der Waals surface area contributed by atoms with Gasteiger partial charge in [0.15, 0.2) is 0 Å². The lowest BCUT2D eigenvalue weighted by molar-refractivity contribution is -0.153. The van der Waals surface area contributed by atoms with E-state index in [1.165, 1.54) is 0 Å². The van der Waals surface area contributed by atoms with Crippen LogP contribution in [0.25, 0.3) is 0 Å².